The maximum absolute atomic E-state index is 11.4. The van der Waals surface area contributed by atoms with E-state index in [2.05, 4.69) is 0 Å². The summed E-state index contributed by atoms with van der Waals surface area (Å²) in [6.45, 7) is 2.09. The van der Waals surface area contributed by atoms with E-state index < -0.39 is 0 Å². The van der Waals surface area contributed by atoms with Crippen LogP contribution in [0.15, 0.2) is 0 Å². The molecule has 1 heterocycles. The lowest BCUT2D eigenvalue weighted by atomic mass is 10.2. The zero-order valence-corrected chi connectivity index (χ0v) is 7.82. The van der Waals surface area contributed by atoms with Crippen LogP contribution in [0.3, 0.4) is 0 Å². The topological polar surface area (TPSA) is 57.6 Å². The van der Waals surface area contributed by atoms with Crippen LogP contribution in [0.4, 0.5) is 0 Å². The standard InChI is InChI=1S/C9H15NO3/c1-7(12)5-9(13)10-4-2-3-8(10)6-11/h8,11H,2-6H2,1H3/t8-/m1/s1. The van der Waals surface area contributed by atoms with Crippen LogP contribution in [-0.4, -0.2) is 40.9 Å². The number of carbonyl (C=O) groups is 2. The van der Waals surface area contributed by atoms with Gasteiger partial charge >= 0.3 is 0 Å². The Labute approximate surface area is 77.5 Å². The van der Waals surface area contributed by atoms with Crippen molar-refractivity contribution in [3.8, 4) is 0 Å². The van der Waals surface area contributed by atoms with E-state index in [1.54, 1.807) is 4.90 Å². The van der Waals surface area contributed by atoms with E-state index in [-0.39, 0.29) is 30.8 Å². The monoisotopic (exact) mass is 185 g/mol. The second kappa shape index (κ2) is 4.37. The van der Waals surface area contributed by atoms with Gasteiger partial charge in [0.2, 0.25) is 5.91 Å². The molecular formula is C9H15NO3. The molecule has 1 fully saturated rings. The third-order valence-electron chi connectivity index (χ3n) is 2.31. The molecule has 1 N–H and O–H groups in total. The van der Waals surface area contributed by atoms with Gasteiger partial charge in [0.15, 0.2) is 0 Å². The zero-order valence-electron chi connectivity index (χ0n) is 7.82. The Morgan fingerprint density at radius 2 is 2.23 bits per heavy atom. The first-order valence-electron chi connectivity index (χ1n) is 4.55. The van der Waals surface area contributed by atoms with Crippen molar-refractivity contribution in [3.63, 3.8) is 0 Å². The Morgan fingerprint density at radius 1 is 1.54 bits per heavy atom. The molecule has 1 aliphatic rings. The van der Waals surface area contributed by atoms with Crippen LogP contribution in [0, 0.1) is 0 Å². The Bertz CT molecular complexity index is 215. The number of ketones is 1. The molecule has 1 atom stereocenters. The Balaban J connectivity index is 2.50. The van der Waals surface area contributed by atoms with Crippen LogP contribution < -0.4 is 0 Å². The molecule has 13 heavy (non-hydrogen) atoms. The summed E-state index contributed by atoms with van der Waals surface area (Å²) < 4.78 is 0. The molecular weight excluding hydrogens is 170 g/mol. The Kier molecular flexibility index (Phi) is 3.42. The highest BCUT2D eigenvalue weighted by molar-refractivity contribution is 5.97. The highest BCUT2D eigenvalue weighted by Gasteiger charge is 2.28. The van der Waals surface area contributed by atoms with Crippen molar-refractivity contribution in [2.45, 2.75) is 32.2 Å². The van der Waals surface area contributed by atoms with Crippen LogP contribution in [0.1, 0.15) is 26.2 Å². The van der Waals surface area contributed by atoms with Crippen molar-refractivity contribution in [1.82, 2.24) is 4.90 Å². The Hall–Kier alpha value is -0.900. The lowest BCUT2D eigenvalue weighted by Gasteiger charge is -2.22. The summed E-state index contributed by atoms with van der Waals surface area (Å²) in [5.41, 5.74) is 0. The van der Waals surface area contributed by atoms with Crippen molar-refractivity contribution in [2.75, 3.05) is 13.2 Å². The lowest BCUT2D eigenvalue weighted by molar-refractivity contribution is -0.136. The van der Waals surface area contributed by atoms with E-state index in [4.69, 9.17) is 5.11 Å². The minimum atomic E-state index is -0.149. The van der Waals surface area contributed by atoms with Crippen LogP contribution in [0.5, 0.6) is 0 Å². The second-order valence-electron chi connectivity index (χ2n) is 3.44. The molecule has 0 aliphatic carbocycles. The number of rotatable bonds is 3. The fourth-order valence-electron chi connectivity index (χ4n) is 1.67. The van der Waals surface area contributed by atoms with Gasteiger partial charge in [0.05, 0.1) is 19.1 Å². The molecule has 1 rings (SSSR count). The van der Waals surface area contributed by atoms with Gasteiger partial charge in [-0.05, 0) is 19.8 Å². The van der Waals surface area contributed by atoms with Crippen LogP contribution in [-0.2, 0) is 9.59 Å². The Morgan fingerprint density at radius 3 is 2.77 bits per heavy atom. The predicted octanol–water partition coefficient (Wildman–Crippen LogP) is -0.0512. The van der Waals surface area contributed by atoms with E-state index in [0.29, 0.717) is 6.54 Å². The fourth-order valence-corrected chi connectivity index (χ4v) is 1.67. The number of aliphatic hydroxyl groups excluding tert-OH is 1. The molecule has 74 valence electrons. The molecule has 4 heteroatoms. The molecule has 0 aromatic rings. The van der Waals surface area contributed by atoms with E-state index in [1.807, 2.05) is 0 Å². The maximum atomic E-state index is 11.4. The zero-order chi connectivity index (χ0) is 9.84. The molecule has 0 aromatic carbocycles. The normalized spacial score (nSPS) is 22.0. The fraction of sp³-hybridized carbons (Fsp3) is 0.778. The summed E-state index contributed by atoms with van der Waals surface area (Å²) in [4.78, 5) is 23.7. The highest BCUT2D eigenvalue weighted by Crippen LogP contribution is 2.17. The van der Waals surface area contributed by atoms with Gasteiger partial charge in [-0.1, -0.05) is 0 Å². The molecule has 4 nitrogen and oxygen atoms in total. The van der Waals surface area contributed by atoms with E-state index in [9.17, 15) is 9.59 Å². The number of likely N-dealkylation sites (tertiary alicyclic amines) is 1. The lowest BCUT2D eigenvalue weighted by Crippen LogP contribution is -2.38. The number of amides is 1. The SMILES string of the molecule is CC(=O)CC(=O)N1CCC[C@@H]1CO. The number of aliphatic hydroxyl groups is 1. The first kappa shape index (κ1) is 10.2. The average molecular weight is 185 g/mol. The molecule has 0 radical (unpaired) electrons. The van der Waals surface area contributed by atoms with Crippen molar-refractivity contribution < 1.29 is 14.7 Å². The summed E-state index contributed by atoms with van der Waals surface area (Å²) in [6, 6.07) is -0.0631. The second-order valence-corrected chi connectivity index (χ2v) is 3.44. The molecule has 0 saturated carbocycles. The quantitative estimate of drug-likeness (QED) is 0.627. The third kappa shape index (κ3) is 2.52. The number of Topliss-reactive ketones (excluding diaryl/α,β-unsaturated/α-hetero) is 1. The molecule has 0 aromatic heterocycles. The molecule has 0 spiro atoms. The van der Waals surface area contributed by atoms with Gasteiger partial charge in [-0.25, -0.2) is 0 Å². The number of nitrogens with zero attached hydrogens (tertiary/aromatic N) is 1. The van der Waals surface area contributed by atoms with Gasteiger partial charge in [-0.3, -0.25) is 9.59 Å². The van der Waals surface area contributed by atoms with Gasteiger partial charge < -0.3 is 10.0 Å². The molecule has 1 amide bonds. The van der Waals surface area contributed by atoms with Crippen LogP contribution >= 0.6 is 0 Å². The van der Waals surface area contributed by atoms with Gasteiger partial charge in [0.25, 0.3) is 0 Å². The van der Waals surface area contributed by atoms with E-state index in [1.165, 1.54) is 6.92 Å². The largest absolute Gasteiger partial charge is 0.394 e. The summed E-state index contributed by atoms with van der Waals surface area (Å²) >= 11 is 0. The van der Waals surface area contributed by atoms with E-state index >= 15 is 0 Å². The van der Waals surface area contributed by atoms with Crippen molar-refractivity contribution >= 4 is 11.7 Å². The predicted molar refractivity (Wildman–Crippen MR) is 47.1 cm³/mol. The summed E-state index contributed by atoms with van der Waals surface area (Å²) in [6.07, 6.45) is 1.74. The summed E-state index contributed by atoms with van der Waals surface area (Å²) in [5.74, 6) is -0.266. The number of hydrogen-bond acceptors (Lipinski definition) is 3. The average Bonchev–Trinajstić information content (AvgIpc) is 2.49. The molecule has 0 bridgehead atoms. The summed E-state index contributed by atoms with van der Waals surface area (Å²) in [5, 5.41) is 8.94. The van der Waals surface area contributed by atoms with E-state index in [0.717, 1.165) is 12.8 Å². The van der Waals surface area contributed by atoms with Gasteiger partial charge in [0.1, 0.15) is 5.78 Å². The molecule has 1 aliphatic heterocycles. The molecule has 0 unspecified atom stereocenters. The van der Waals surface area contributed by atoms with Crippen LogP contribution in [0.25, 0.3) is 0 Å². The first-order chi connectivity index (χ1) is 6.15. The van der Waals surface area contributed by atoms with Gasteiger partial charge in [0, 0.05) is 6.54 Å². The highest BCUT2D eigenvalue weighted by atomic mass is 16.3. The van der Waals surface area contributed by atoms with Crippen molar-refractivity contribution in [1.29, 1.82) is 0 Å². The van der Waals surface area contributed by atoms with Crippen LogP contribution in [0.2, 0.25) is 0 Å². The van der Waals surface area contributed by atoms with Crippen molar-refractivity contribution in [3.05, 3.63) is 0 Å². The minimum Gasteiger partial charge on any atom is -0.394 e. The van der Waals surface area contributed by atoms with Gasteiger partial charge in [-0.15, -0.1) is 0 Å². The maximum Gasteiger partial charge on any atom is 0.230 e. The number of hydrogen-bond donors (Lipinski definition) is 1. The summed E-state index contributed by atoms with van der Waals surface area (Å²) in [7, 11) is 0. The number of carbonyl (C=O) groups excluding carboxylic acids is 2. The first-order valence-corrected chi connectivity index (χ1v) is 4.55. The smallest absolute Gasteiger partial charge is 0.230 e. The third-order valence-corrected chi connectivity index (χ3v) is 2.31. The molecule has 1 saturated heterocycles. The van der Waals surface area contributed by atoms with Gasteiger partial charge in [-0.2, -0.15) is 0 Å². The van der Waals surface area contributed by atoms with Crippen molar-refractivity contribution in [2.24, 2.45) is 0 Å². The minimum absolute atomic E-state index is 0.00362.